The van der Waals surface area contributed by atoms with E-state index in [1.165, 1.54) is 4.88 Å². The quantitative estimate of drug-likeness (QED) is 0.634. The van der Waals surface area contributed by atoms with Crippen LogP contribution in [-0.2, 0) is 13.0 Å². The van der Waals surface area contributed by atoms with Gasteiger partial charge in [-0.3, -0.25) is 4.98 Å². The number of hydrogen-bond acceptors (Lipinski definition) is 4. The Morgan fingerprint density at radius 2 is 2.14 bits per heavy atom. The van der Waals surface area contributed by atoms with E-state index in [1.807, 2.05) is 31.3 Å². The minimum Gasteiger partial charge on any atom is -0.357 e. The Balaban J connectivity index is 1.86. The second-order valence-electron chi connectivity index (χ2n) is 5.01. The van der Waals surface area contributed by atoms with Gasteiger partial charge in [0.1, 0.15) is 0 Å². The molecule has 2 rings (SSSR count). The smallest absolute Gasteiger partial charge is 0.191 e. The average Bonchev–Trinajstić information content (AvgIpc) is 2.90. The maximum atomic E-state index is 4.58. The third-order valence-corrected chi connectivity index (χ3v) is 3.96. The highest BCUT2D eigenvalue weighted by Crippen LogP contribution is 2.10. The van der Waals surface area contributed by atoms with Crippen molar-refractivity contribution in [3.63, 3.8) is 0 Å². The third-order valence-electron chi connectivity index (χ3n) is 2.99. The van der Waals surface area contributed by atoms with Gasteiger partial charge in [-0.05, 0) is 32.9 Å². The van der Waals surface area contributed by atoms with E-state index in [1.54, 1.807) is 11.3 Å². The van der Waals surface area contributed by atoms with E-state index in [4.69, 9.17) is 0 Å². The number of aliphatic imine (C=N–C) groups is 1. The Morgan fingerprint density at radius 1 is 1.27 bits per heavy atom. The minimum atomic E-state index is 0.577. The standard InChI is InChI=1S/C16H23N5S/c1-4-17-16(18-9-8-15-19-10-13(3)22-15)20-11-14-7-5-6-12(2)21-14/h5-7,10H,4,8-9,11H2,1-3H3,(H2,17,18,20). The van der Waals surface area contributed by atoms with Crippen LogP contribution in [-0.4, -0.2) is 29.0 Å². The van der Waals surface area contributed by atoms with Crippen LogP contribution in [0.1, 0.15) is 28.2 Å². The van der Waals surface area contributed by atoms with E-state index >= 15 is 0 Å². The first-order chi connectivity index (χ1) is 10.7. The number of nitrogens with zero attached hydrogens (tertiary/aromatic N) is 3. The summed E-state index contributed by atoms with van der Waals surface area (Å²) in [5.41, 5.74) is 2.00. The third kappa shape index (κ3) is 5.44. The molecule has 0 atom stereocenters. The predicted octanol–water partition coefficient (Wildman–Crippen LogP) is 2.45. The number of rotatable bonds is 6. The molecule has 0 fully saturated rings. The molecule has 6 heteroatoms. The molecule has 2 N–H and O–H groups in total. The number of guanidine groups is 1. The number of nitrogens with one attached hydrogen (secondary N) is 2. The Bertz CT molecular complexity index is 621. The van der Waals surface area contributed by atoms with Crippen molar-refractivity contribution in [1.82, 2.24) is 20.6 Å². The van der Waals surface area contributed by atoms with Crippen molar-refractivity contribution < 1.29 is 0 Å². The molecule has 0 aromatic carbocycles. The fourth-order valence-electron chi connectivity index (χ4n) is 1.99. The molecule has 0 unspecified atom stereocenters. The number of aryl methyl sites for hydroxylation is 2. The number of hydrogen-bond donors (Lipinski definition) is 2. The molecule has 0 spiro atoms. The number of pyridine rings is 1. The lowest BCUT2D eigenvalue weighted by molar-refractivity contribution is 0.793. The van der Waals surface area contributed by atoms with Gasteiger partial charge in [0.25, 0.3) is 0 Å². The Hall–Kier alpha value is -1.95. The summed E-state index contributed by atoms with van der Waals surface area (Å²) in [4.78, 5) is 14.7. The van der Waals surface area contributed by atoms with Gasteiger partial charge in [-0.15, -0.1) is 11.3 Å². The van der Waals surface area contributed by atoms with Crippen molar-refractivity contribution in [1.29, 1.82) is 0 Å². The molecule has 0 aliphatic carbocycles. The van der Waals surface area contributed by atoms with Gasteiger partial charge < -0.3 is 10.6 Å². The van der Waals surface area contributed by atoms with Crippen LogP contribution >= 0.6 is 11.3 Å². The molecule has 2 heterocycles. The largest absolute Gasteiger partial charge is 0.357 e. The lowest BCUT2D eigenvalue weighted by atomic mass is 10.3. The highest BCUT2D eigenvalue weighted by atomic mass is 32.1. The van der Waals surface area contributed by atoms with Gasteiger partial charge in [0.05, 0.1) is 17.2 Å². The molecule has 0 radical (unpaired) electrons. The Kier molecular flexibility index (Phi) is 6.33. The molecule has 22 heavy (non-hydrogen) atoms. The van der Waals surface area contributed by atoms with Crippen LogP contribution in [0.2, 0.25) is 0 Å². The summed E-state index contributed by atoms with van der Waals surface area (Å²) in [6.45, 7) is 8.37. The van der Waals surface area contributed by atoms with Crippen LogP contribution in [0.15, 0.2) is 29.4 Å². The molecule has 0 amide bonds. The molecule has 0 aliphatic heterocycles. The van der Waals surface area contributed by atoms with Crippen molar-refractivity contribution in [3.8, 4) is 0 Å². The zero-order valence-corrected chi connectivity index (χ0v) is 14.2. The number of thiazole rings is 1. The van der Waals surface area contributed by atoms with Crippen molar-refractivity contribution in [2.24, 2.45) is 4.99 Å². The molecular weight excluding hydrogens is 294 g/mol. The normalized spacial score (nSPS) is 11.5. The second-order valence-corrected chi connectivity index (χ2v) is 6.33. The van der Waals surface area contributed by atoms with Crippen LogP contribution in [0, 0.1) is 13.8 Å². The first kappa shape index (κ1) is 16.4. The Labute approximate surface area is 135 Å². The average molecular weight is 317 g/mol. The van der Waals surface area contributed by atoms with E-state index in [0.29, 0.717) is 6.54 Å². The monoisotopic (exact) mass is 317 g/mol. The van der Waals surface area contributed by atoms with Crippen LogP contribution < -0.4 is 10.6 Å². The first-order valence-corrected chi connectivity index (χ1v) is 8.35. The molecular formula is C16H23N5S. The summed E-state index contributed by atoms with van der Waals surface area (Å²) >= 11 is 1.74. The summed E-state index contributed by atoms with van der Waals surface area (Å²) in [5.74, 6) is 0.819. The van der Waals surface area contributed by atoms with Gasteiger partial charge in [0.15, 0.2) is 5.96 Å². The van der Waals surface area contributed by atoms with Crippen molar-refractivity contribution >= 4 is 17.3 Å². The summed E-state index contributed by atoms with van der Waals surface area (Å²) in [6, 6.07) is 6.00. The van der Waals surface area contributed by atoms with Gasteiger partial charge in [0.2, 0.25) is 0 Å². The highest BCUT2D eigenvalue weighted by Gasteiger charge is 2.01. The fraction of sp³-hybridized carbons (Fsp3) is 0.438. The van der Waals surface area contributed by atoms with Gasteiger partial charge >= 0.3 is 0 Å². The zero-order chi connectivity index (χ0) is 15.8. The minimum absolute atomic E-state index is 0.577. The van der Waals surface area contributed by atoms with E-state index in [2.05, 4.69) is 39.4 Å². The summed E-state index contributed by atoms with van der Waals surface area (Å²) in [6.07, 6.45) is 2.83. The van der Waals surface area contributed by atoms with E-state index < -0.39 is 0 Å². The fourth-order valence-corrected chi connectivity index (χ4v) is 2.78. The van der Waals surface area contributed by atoms with Gasteiger partial charge in [-0.2, -0.15) is 0 Å². The van der Waals surface area contributed by atoms with Crippen LogP contribution in [0.5, 0.6) is 0 Å². The summed E-state index contributed by atoms with van der Waals surface area (Å²) < 4.78 is 0. The molecule has 2 aromatic rings. The lowest BCUT2D eigenvalue weighted by Crippen LogP contribution is -2.38. The maximum absolute atomic E-state index is 4.58. The van der Waals surface area contributed by atoms with Crippen molar-refractivity contribution in [3.05, 3.63) is 45.7 Å². The van der Waals surface area contributed by atoms with E-state index in [-0.39, 0.29) is 0 Å². The molecule has 2 aromatic heterocycles. The maximum Gasteiger partial charge on any atom is 0.191 e. The number of aromatic nitrogens is 2. The molecule has 0 saturated carbocycles. The van der Waals surface area contributed by atoms with Gasteiger partial charge in [-0.1, -0.05) is 6.07 Å². The highest BCUT2D eigenvalue weighted by molar-refractivity contribution is 7.11. The Morgan fingerprint density at radius 3 is 2.82 bits per heavy atom. The molecule has 118 valence electrons. The van der Waals surface area contributed by atoms with Crippen molar-refractivity contribution in [2.75, 3.05) is 13.1 Å². The van der Waals surface area contributed by atoms with Gasteiger partial charge in [0, 0.05) is 36.3 Å². The molecule has 0 saturated heterocycles. The molecule has 0 bridgehead atoms. The predicted molar refractivity (Wildman–Crippen MR) is 92.3 cm³/mol. The molecule has 5 nitrogen and oxygen atoms in total. The molecule has 0 aliphatic rings. The van der Waals surface area contributed by atoms with Crippen molar-refractivity contribution in [2.45, 2.75) is 33.7 Å². The van der Waals surface area contributed by atoms with Crippen LogP contribution in [0.25, 0.3) is 0 Å². The second kappa shape index (κ2) is 8.48. The SMILES string of the molecule is CCNC(=NCc1cccc(C)n1)NCCc1ncc(C)s1. The zero-order valence-electron chi connectivity index (χ0n) is 13.4. The lowest BCUT2D eigenvalue weighted by Gasteiger charge is -2.10. The first-order valence-electron chi connectivity index (χ1n) is 7.53. The summed E-state index contributed by atoms with van der Waals surface area (Å²) in [5, 5.41) is 7.75. The summed E-state index contributed by atoms with van der Waals surface area (Å²) in [7, 11) is 0. The van der Waals surface area contributed by atoms with Gasteiger partial charge in [-0.25, -0.2) is 9.98 Å². The van der Waals surface area contributed by atoms with Crippen LogP contribution in [0.3, 0.4) is 0 Å². The topological polar surface area (TPSA) is 62.2 Å². The van der Waals surface area contributed by atoms with E-state index in [0.717, 1.165) is 41.9 Å². The van der Waals surface area contributed by atoms with E-state index in [9.17, 15) is 0 Å². The van der Waals surface area contributed by atoms with Crippen LogP contribution in [0.4, 0.5) is 0 Å².